The van der Waals surface area contributed by atoms with E-state index in [1.165, 1.54) is 38.0 Å². The molecule has 1 aromatic carbocycles. The SMILES string of the molecule is C/C=C(\C=C(/C=[NH2+])c1c(C)c(-c2cncc(-c3ncncn3)c2)c(C)c(-c2cncc(-c3ncncn3)c2)c1C)c1ncncn1. The van der Waals surface area contributed by atoms with Gasteiger partial charge in [0.2, 0.25) is 0 Å². The highest BCUT2D eigenvalue weighted by atomic mass is 15.0. The Morgan fingerprint density at radius 1 is 0.543 bits per heavy atom. The minimum absolute atomic E-state index is 0.535. The molecule has 0 fully saturated rings. The number of hydrogen-bond donors (Lipinski definition) is 1. The van der Waals surface area contributed by atoms with Crippen LogP contribution in [-0.4, -0.2) is 61.0 Å². The number of nitrogens with zero attached hydrogens (tertiary/aromatic N) is 11. The van der Waals surface area contributed by atoms with Crippen LogP contribution in [-0.2, 0) is 0 Å². The Hall–Kier alpha value is -6.30. The third-order valence-corrected chi connectivity index (χ3v) is 7.65. The molecule has 5 aromatic heterocycles. The van der Waals surface area contributed by atoms with Crippen LogP contribution >= 0.6 is 0 Å². The van der Waals surface area contributed by atoms with Crippen molar-refractivity contribution in [2.45, 2.75) is 27.7 Å². The lowest BCUT2D eigenvalue weighted by Gasteiger charge is -2.23. The van der Waals surface area contributed by atoms with Crippen LogP contribution in [0.25, 0.3) is 56.2 Å². The molecular weight excluding hydrogens is 576 g/mol. The highest BCUT2D eigenvalue weighted by Crippen LogP contribution is 2.42. The summed E-state index contributed by atoms with van der Waals surface area (Å²) in [6.07, 6.45) is 21.6. The summed E-state index contributed by atoms with van der Waals surface area (Å²) < 4.78 is 0. The van der Waals surface area contributed by atoms with Gasteiger partial charge in [0.25, 0.3) is 0 Å². The Morgan fingerprint density at radius 3 is 1.41 bits per heavy atom. The summed E-state index contributed by atoms with van der Waals surface area (Å²) in [5.74, 6) is 1.61. The molecule has 12 nitrogen and oxygen atoms in total. The molecule has 0 aliphatic rings. The molecule has 0 aliphatic heterocycles. The van der Waals surface area contributed by atoms with Gasteiger partial charge < -0.3 is 0 Å². The summed E-state index contributed by atoms with van der Waals surface area (Å²) in [6, 6.07) is 4.08. The van der Waals surface area contributed by atoms with Gasteiger partial charge in [-0.3, -0.25) is 15.4 Å². The average Bonchev–Trinajstić information content (AvgIpc) is 3.11. The first-order chi connectivity index (χ1) is 22.5. The van der Waals surface area contributed by atoms with E-state index in [0.29, 0.717) is 17.5 Å². The Labute approximate surface area is 265 Å². The van der Waals surface area contributed by atoms with E-state index in [4.69, 9.17) is 5.41 Å². The van der Waals surface area contributed by atoms with Gasteiger partial charge in [0.15, 0.2) is 23.7 Å². The number of benzene rings is 1. The molecular formula is C34H29N12+. The highest BCUT2D eigenvalue weighted by molar-refractivity contribution is 6.12. The van der Waals surface area contributed by atoms with Crippen molar-refractivity contribution in [3.8, 4) is 45.0 Å². The Morgan fingerprint density at radius 2 is 0.978 bits per heavy atom. The second-order valence-electron chi connectivity index (χ2n) is 10.3. The van der Waals surface area contributed by atoms with Crippen molar-refractivity contribution in [3.63, 3.8) is 0 Å². The van der Waals surface area contributed by atoms with E-state index in [0.717, 1.165) is 66.8 Å². The van der Waals surface area contributed by atoms with Gasteiger partial charge in [-0.2, -0.15) is 0 Å². The maximum Gasteiger partial charge on any atom is 0.168 e. The fourth-order valence-electron chi connectivity index (χ4n) is 5.73. The zero-order valence-corrected chi connectivity index (χ0v) is 25.7. The molecule has 0 bridgehead atoms. The zero-order chi connectivity index (χ0) is 32.0. The predicted octanol–water partition coefficient (Wildman–Crippen LogP) is 3.94. The van der Waals surface area contributed by atoms with Crippen molar-refractivity contribution < 1.29 is 5.41 Å². The normalized spacial score (nSPS) is 11.8. The van der Waals surface area contributed by atoms with E-state index in [9.17, 15) is 0 Å². The van der Waals surface area contributed by atoms with Crippen LogP contribution in [0, 0.1) is 20.8 Å². The molecule has 224 valence electrons. The first-order valence-electron chi connectivity index (χ1n) is 14.3. The van der Waals surface area contributed by atoms with E-state index < -0.39 is 0 Å². The summed E-state index contributed by atoms with van der Waals surface area (Å²) in [4.78, 5) is 47.1. The van der Waals surface area contributed by atoms with Crippen LogP contribution in [0.2, 0.25) is 0 Å². The molecule has 0 radical (unpaired) electrons. The van der Waals surface area contributed by atoms with E-state index in [1.807, 2.05) is 43.6 Å². The van der Waals surface area contributed by atoms with Crippen molar-refractivity contribution in [2.24, 2.45) is 0 Å². The summed E-state index contributed by atoms with van der Waals surface area (Å²) in [7, 11) is 0. The molecule has 0 aliphatic carbocycles. The first kappa shape index (κ1) is 29.8. The van der Waals surface area contributed by atoms with Crippen molar-refractivity contribution in [3.05, 3.63) is 115 Å². The number of nitrogens with two attached hydrogens (primary N) is 1. The van der Waals surface area contributed by atoms with E-state index in [-0.39, 0.29) is 0 Å². The lowest BCUT2D eigenvalue weighted by atomic mass is 9.80. The van der Waals surface area contributed by atoms with E-state index in [2.05, 4.69) is 75.6 Å². The van der Waals surface area contributed by atoms with Crippen LogP contribution in [0.5, 0.6) is 0 Å². The Bertz CT molecular complexity index is 1980. The fraction of sp³-hybridized carbons (Fsp3) is 0.118. The van der Waals surface area contributed by atoms with Gasteiger partial charge in [-0.05, 0) is 79.3 Å². The predicted molar refractivity (Wildman–Crippen MR) is 174 cm³/mol. The second kappa shape index (κ2) is 13.1. The summed E-state index contributed by atoms with van der Waals surface area (Å²) in [5, 5.41) is 6.40. The number of hydrogen-bond acceptors (Lipinski definition) is 11. The van der Waals surface area contributed by atoms with Gasteiger partial charge in [-0.1, -0.05) is 6.08 Å². The number of rotatable bonds is 8. The van der Waals surface area contributed by atoms with Crippen LogP contribution in [0.3, 0.4) is 0 Å². The molecule has 0 unspecified atom stereocenters. The lowest BCUT2D eigenvalue weighted by molar-refractivity contribution is -0.103. The van der Waals surface area contributed by atoms with Crippen LogP contribution in [0.4, 0.5) is 0 Å². The maximum atomic E-state index is 6.40. The molecule has 46 heavy (non-hydrogen) atoms. The molecule has 2 N–H and O–H groups in total. The minimum Gasteiger partial charge on any atom is -0.263 e. The molecule has 12 heteroatoms. The van der Waals surface area contributed by atoms with Crippen LogP contribution in [0.15, 0.2) is 87.0 Å². The molecule has 5 heterocycles. The van der Waals surface area contributed by atoms with Crippen LogP contribution in [0.1, 0.15) is 35.0 Å². The van der Waals surface area contributed by atoms with E-state index in [1.54, 1.807) is 18.6 Å². The largest absolute Gasteiger partial charge is 0.263 e. The third kappa shape index (κ3) is 5.78. The van der Waals surface area contributed by atoms with Gasteiger partial charge in [-0.25, -0.2) is 44.9 Å². The summed E-state index contributed by atoms with van der Waals surface area (Å²) >= 11 is 0. The number of aromatic nitrogens is 11. The highest BCUT2D eigenvalue weighted by Gasteiger charge is 2.23. The molecule has 0 spiro atoms. The third-order valence-electron chi connectivity index (χ3n) is 7.65. The topological polar surface area (TPSA) is 167 Å². The standard InChI is InChI=1S/C34H28N12/c1-5-23(32-41-14-38-15-42-32)6-24(9-35)29-20(2)30(25-7-27(12-36-10-25)33-43-16-39-17-44-33)22(4)31(21(29)3)26-8-28(13-37-11-26)34-45-18-40-19-46-34/h5-19,35H,1-4H3/p+1/b23-5+,24-6+,35-9?. The molecule has 0 saturated heterocycles. The Kier molecular flexibility index (Phi) is 8.50. The van der Waals surface area contributed by atoms with Gasteiger partial charge in [0.1, 0.15) is 38.0 Å². The second-order valence-corrected chi connectivity index (χ2v) is 10.3. The average molecular weight is 606 g/mol. The molecule has 6 aromatic rings. The first-order valence-corrected chi connectivity index (χ1v) is 14.3. The minimum atomic E-state index is 0.535. The van der Waals surface area contributed by atoms with Crippen molar-refractivity contribution in [2.75, 3.05) is 0 Å². The van der Waals surface area contributed by atoms with Gasteiger partial charge >= 0.3 is 0 Å². The van der Waals surface area contributed by atoms with Gasteiger partial charge in [0, 0.05) is 58.2 Å². The lowest BCUT2D eigenvalue weighted by Crippen LogP contribution is -2.30. The number of pyridine rings is 2. The molecule has 0 saturated carbocycles. The van der Waals surface area contributed by atoms with Crippen molar-refractivity contribution in [1.82, 2.24) is 54.8 Å². The zero-order valence-electron chi connectivity index (χ0n) is 25.7. The fourth-order valence-corrected chi connectivity index (χ4v) is 5.73. The maximum absolute atomic E-state index is 6.40. The quantitative estimate of drug-likeness (QED) is 0.197. The van der Waals surface area contributed by atoms with Crippen LogP contribution < -0.4 is 5.41 Å². The van der Waals surface area contributed by atoms with Crippen molar-refractivity contribution >= 4 is 17.4 Å². The van der Waals surface area contributed by atoms with Gasteiger partial charge in [0.05, 0.1) is 0 Å². The number of allylic oxidation sites excluding steroid dienone is 4. The molecule has 0 atom stereocenters. The summed E-state index contributed by atoms with van der Waals surface area (Å²) in [6.45, 7) is 8.24. The molecule has 0 amide bonds. The van der Waals surface area contributed by atoms with Crippen molar-refractivity contribution in [1.29, 1.82) is 0 Å². The summed E-state index contributed by atoms with van der Waals surface area (Å²) in [5.41, 5.74) is 11.0. The smallest absolute Gasteiger partial charge is 0.168 e. The van der Waals surface area contributed by atoms with E-state index >= 15 is 0 Å². The van der Waals surface area contributed by atoms with Gasteiger partial charge in [-0.15, -0.1) is 0 Å². The molecule has 6 rings (SSSR count). The Balaban J connectivity index is 1.63. The monoisotopic (exact) mass is 605 g/mol.